The molecule has 0 aliphatic carbocycles. The van der Waals surface area contributed by atoms with E-state index in [1.165, 1.54) is 34.5 Å². The third-order valence-electron chi connectivity index (χ3n) is 6.52. The van der Waals surface area contributed by atoms with Gasteiger partial charge in [0.25, 0.3) is 5.91 Å². The van der Waals surface area contributed by atoms with Gasteiger partial charge in [-0.2, -0.15) is 0 Å². The van der Waals surface area contributed by atoms with E-state index in [9.17, 15) is 14.4 Å². The topological polar surface area (TPSA) is 110 Å². The molecule has 14 heteroatoms. The molecule has 1 aromatic heterocycles. The number of aryl methyl sites for hydroxylation is 1. The van der Waals surface area contributed by atoms with Crippen molar-refractivity contribution >= 4 is 52.9 Å². The van der Waals surface area contributed by atoms with Crippen LogP contribution in [0.15, 0.2) is 34.2 Å². The lowest BCUT2D eigenvalue weighted by Crippen LogP contribution is -2.50. The predicted octanol–water partition coefficient (Wildman–Crippen LogP) is 2.65. The van der Waals surface area contributed by atoms with E-state index in [2.05, 4.69) is 10.3 Å². The number of hydrogen-bond donors (Lipinski definition) is 0. The number of benzene rings is 1. The summed E-state index contributed by atoms with van der Waals surface area (Å²) in [6.07, 6.45) is 0.795. The summed E-state index contributed by atoms with van der Waals surface area (Å²) in [5.74, 6) is 0.280. The van der Waals surface area contributed by atoms with E-state index in [0.717, 1.165) is 17.2 Å². The number of carbonyl (C=O) groups excluding carboxylic acids is 3. The van der Waals surface area contributed by atoms with Gasteiger partial charge in [-0.1, -0.05) is 5.21 Å². The van der Waals surface area contributed by atoms with Crippen molar-refractivity contribution in [3.05, 3.63) is 45.7 Å². The number of cyclic esters (lactones) is 1. The van der Waals surface area contributed by atoms with Crippen LogP contribution in [0.4, 0.5) is 20.6 Å². The number of halogens is 1. The normalized spacial score (nSPS) is 19.5. The summed E-state index contributed by atoms with van der Waals surface area (Å²) >= 11 is 3.00. The third kappa shape index (κ3) is 6.01. The largest absolute Gasteiger partial charge is 0.462 e. The highest BCUT2D eigenvalue weighted by Crippen LogP contribution is 2.39. The van der Waals surface area contributed by atoms with Crippen molar-refractivity contribution in [1.82, 2.24) is 19.9 Å². The van der Waals surface area contributed by atoms with Crippen molar-refractivity contribution in [3.63, 3.8) is 0 Å². The van der Waals surface area contributed by atoms with E-state index in [-0.39, 0.29) is 24.6 Å². The number of ether oxygens (including phenoxy) is 2. The minimum absolute atomic E-state index is 0.100. The zero-order valence-electron chi connectivity index (χ0n) is 21.7. The van der Waals surface area contributed by atoms with Gasteiger partial charge in [-0.05, 0) is 32.0 Å². The molecule has 0 unspecified atom stereocenters. The molecule has 0 spiro atoms. The van der Waals surface area contributed by atoms with E-state index in [1.807, 2.05) is 11.8 Å². The maximum absolute atomic E-state index is 15.2. The first-order valence-corrected chi connectivity index (χ1v) is 14.7. The number of hydrogen-bond acceptors (Lipinski definition) is 10. The van der Waals surface area contributed by atoms with E-state index in [4.69, 9.17) is 9.47 Å². The minimum Gasteiger partial charge on any atom is -0.462 e. The van der Waals surface area contributed by atoms with Gasteiger partial charge in [0.15, 0.2) is 0 Å². The smallest absolute Gasteiger partial charge is 0.414 e. The Hall–Kier alpha value is -3.26. The fraction of sp³-hybridized carbons (Fsp3) is 0.480. The number of amides is 2. The SMILES string of the molecule is CCOC(=O)C(C(=O)N1CCN(c2ccc(N3C[C@H](Cn4cc(C)nn4)OC3=O)cc2F)CC1)=C1SCCS1. The molecule has 39 heavy (non-hydrogen) atoms. The average molecular weight is 577 g/mol. The Bertz CT molecular complexity index is 1290. The molecule has 2 aromatic rings. The summed E-state index contributed by atoms with van der Waals surface area (Å²) in [6.45, 7) is 5.84. The zero-order chi connectivity index (χ0) is 27.5. The first kappa shape index (κ1) is 27.3. The number of carbonyl (C=O) groups is 3. The molecule has 208 valence electrons. The maximum atomic E-state index is 15.2. The first-order valence-electron chi connectivity index (χ1n) is 12.7. The molecule has 0 radical (unpaired) electrons. The number of thioether (sulfide) groups is 2. The molecule has 0 saturated carbocycles. The lowest BCUT2D eigenvalue weighted by atomic mass is 10.2. The van der Waals surface area contributed by atoms with Gasteiger partial charge in [-0.15, -0.1) is 28.6 Å². The summed E-state index contributed by atoms with van der Waals surface area (Å²) in [4.78, 5) is 43.2. The Morgan fingerprint density at radius 3 is 2.56 bits per heavy atom. The fourth-order valence-electron chi connectivity index (χ4n) is 4.67. The van der Waals surface area contributed by atoms with Crippen LogP contribution in [-0.2, 0) is 25.6 Å². The molecule has 3 saturated heterocycles. The van der Waals surface area contributed by atoms with Crippen molar-refractivity contribution in [2.45, 2.75) is 26.5 Å². The molecule has 3 fully saturated rings. The Morgan fingerprint density at radius 2 is 1.92 bits per heavy atom. The molecule has 5 rings (SSSR count). The highest BCUT2D eigenvalue weighted by atomic mass is 32.2. The lowest BCUT2D eigenvalue weighted by Gasteiger charge is -2.36. The molecule has 11 nitrogen and oxygen atoms in total. The quantitative estimate of drug-likeness (QED) is 0.211. The van der Waals surface area contributed by atoms with E-state index in [0.29, 0.717) is 48.3 Å². The molecule has 1 aromatic carbocycles. The van der Waals surface area contributed by atoms with Crippen LogP contribution >= 0.6 is 23.5 Å². The summed E-state index contributed by atoms with van der Waals surface area (Å²) in [5.41, 5.74) is 1.66. The Morgan fingerprint density at radius 1 is 1.18 bits per heavy atom. The second-order valence-electron chi connectivity index (χ2n) is 9.19. The number of rotatable bonds is 7. The molecule has 1 atom stereocenters. The summed E-state index contributed by atoms with van der Waals surface area (Å²) in [6, 6.07) is 4.66. The van der Waals surface area contributed by atoms with Crippen molar-refractivity contribution in [2.24, 2.45) is 0 Å². The van der Waals surface area contributed by atoms with Crippen LogP contribution in [0.2, 0.25) is 0 Å². The van der Waals surface area contributed by atoms with Gasteiger partial charge < -0.3 is 19.3 Å². The summed E-state index contributed by atoms with van der Waals surface area (Å²) in [7, 11) is 0. The van der Waals surface area contributed by atoms with E-state index >= 15 is 4.39 Å². The van der Waals surface area contributed by atoms with Gasteiger partial charge >= 0.3 is 12.1 Å². The van der Waals surface area contributed by atoms with Gasteiger partial charge in [0, 0.05) is 43.9 Å². The van der Waals surface area contributed by atoms with E-state index in [1.54, 1.807) is 34.8 Å². The average Bonchev–Trinajstić information content (AvgIpc) is 3.67. The molecule has 4 heterocycles. The summed E-state index contributed by atoms with van der Waals surface area (Å²) in [5, 5.41) is 7.92. The van der Waals surface area contributed by atoms with Crippen LogP contribution in [-0.4, -0.2) is 94.8 Å². The number of piperazine rings is 1. The standard InChI is InChI=1S/C25H29FN6O5S2/c1-3-36-23(34)21(24-38-10-11-39-24)22(33)30-8-6-29(7-9-30)20-5-4-17(12-19(20)26)32-15-18(37-25(32)35)14-31-13-16(2)27-28-31/h4-5,12-13,18H,3,6-11,14-15H2,1-2H3/t18-/m0/s1. The van der Waals surface area contributed by atoms with Gasteiger partial charge in [-0.3, -0.25) is 9.69 Å². The van der Waals surface area contributed by atoms with Crippen molar-refractivity contribution < 1.29 is 28.2 Å². The third-order valence-corrected chi connectivity index (χ3v) is 9.23. The molecular formula is C25H29FN6O5S2. The van der Waals surface area contributed by atoms with Crippen LogP contribution in [0.3, 0.4) is 0 Å². The number of nitrogens with zero attached hydrogens (tertiary/aromatic N) is 6. The Kier molecular flexibility index (Phi) is 8.31. The molecule has 2 amide bonds. The van der Waals surface area contributed by atoms with Gasteiger partial charge in [0.2, 0.25) is 0 Å². The Balaban J connectivity index is 1.21. The van der Waals surface area contributed by atoms with Crippen molar-refractivity contribution in [2.75, 3.05) is 60.6 Å². The monoisotopic (exact) mass is 576 g/mol. The maximum Gasteiger partial charge on any atom is 0.414 e. The van der Waals surface area contributed by atoms with Crippen molar-refractivity contribution in [3.8, 4) is 0 Å². The van der Waals surface area contributed by atoms with Crippen LogP contribution in [0.25, 0.3) is 0 Å². The second kappa shape index (κ2) is 11.9. The van der Waals surface area contributed by atoms with Gasteiger partial charge in [0.05, 0.1) is 41.0 Å². The highest BCUT2D eigenvalue weighted by molar-refractivity contribution is 8.25. The molecule has 3 aliphatic rings. The molecular weight excluding hydrogens is 547 g/mol. The first-order chi connectivity index (χ1) is 18.8. The van der Waals surface area contributed by atoms with E-state index < -0.39 is 24.0 Å². The van der Waals surface area contributed by atoms with Gasteiger partial charge in [-0.25, -0.2) is 18.7 Å². The number of anilines is 2. The van der Waals surface area contributed by atoms with Crippen molar-refractivity contribution in [1.29, 1.82) is 0 Å². The number of esters is 1. The Labute approximate surface area is 233 Å². The second-order valence-corrected chi connectivity index (χ2v) is 11.7. The lowest BCUT2D eigenvalue weighted by molar-refractivity contribution is -0.142. The van der Waals surface area contributed by atoms with Gasteiger partial charge in [0.1, 0.15) is 17.5 Å². The molecule has 0 bridgehead atoms. The predicted molar refractivity (Wildman–Crippen MR) is 146 cm³/mol. The zero-order valence-corrected chi connectivity index (χ0v) is 23.3. The summed E-state index contributed by atoms with van der Waals surface area (Å²) < 4.78 is 28.2. The minimum atomic E-state index is -0.595. The van der Waals surface area contributed by atoms with Crippen LogP contribution in [0, 0.1) is 12.7 Å². The van der Waals surface area contributed by atoms with Crippen LogP contribution in [0.5, 0.6) is 0 Å². The number of aromatic nitrogens is 3. The molecule has 0 N–H and O–H groups in total. The highest BCUT2D eigenvalue weighted by Gasteiger charge is 2.35. The van der Waals surface area contributed by atoms with Crippen LogP contribution in [0.1, 0.15) is 12.6 Å². The van der Waals surface area contributed by atoms with Crippen LogP contribution < -0.4 is 9.80 Å². The molecule has 3 aliphatic heterocycles. The fourth-order valence-corrected chi connectivity index (χ4v) is 7.17.